The van der Waals surface area contributed by atoms with Gasteiger partial charge < -0.3 is 14.0 Å². The van der Waals surface area contributed by atoms with E-state index in [0.29, 0.717) is 11.4 Å². The minimum atomic E-state index is -0.975. The molecule has 1 aromatic carbocycles. The third-order valence-electron chi connectivity index (χ3n) is 2.65. The Morgan fingerprint density at radius 3 is 2.68 bits per heavy atom. The maximum absolute atomic E-state index is 11.8. The Kier molecular flexibility index (Phi) is 5.13. The zero-order valence-electron chi connectivity index (χ0n) is 12.2. The van der Waals surface area contributed by atoms with Crippen LogP contribution < -0.4 is 10.1 Å². The van der Waals surface area contributed by atoms with Crippen LogP contribution in [-0.4, -0.2) is 29.7 Å². The van der Waals surface area contributed by atoms with Crippen LogP contribution in [0.2, 0.25) is 0 Å². The Hall–Kier alpha value is -2.83. The number of para-hydroxylation sites is 1. The van der Waals surface area contributed by atoms with Crippen molar-refractivity contribution >= 4 is 17.8 Å². The van der Waals surface area contributed by atoms with E-state index in [1.54, 1.807) is 37.3 Å². The molecule has 22 heavy (non-hydrogen) atoms. The van der Waals surface area contributed by atoms with E-state index in [4.69, 9.17) is 14.0 Å². The first-order valence-corrected chi connectivity index (χ1v) is 6.66. The van der Waals surface area contributed by atoms with E-state index in [1.165, 1.54) is 6.92 Å². The van der Waals surface area contributed by atoms with E-state index in [-0.39, 0.29) is 12.5 Å². The van der Waals surface area contributed by atoms with Gasteiger partial charge in [0, 0.05) is 6.07 Å². The van der Waals surface area contributed by atoms with Crippen LogP contribution >= 0.6 is 0 Å². The predicted molar refractivity (Wildman–Crippen MR) is 77.4 cm³/mol. The molecule has 7 nitrogen and oxygen atoms in total. The smallest absolute Gasteiger partial charge is 0.344 e. The number of esters is 1. The lowest BCUT2D eigenvalue weighted by Crippen LogP contribution is -2.31. The number of nitrogens with one attached hydrogen (secondary N) is 1. The molecule has 2 aromatic rings. The number of carbonyl (C=O) groups excluding carboxylic acids is 2. The molecule has 0 spiro atoms. The first-order chi connectivity index (χ1) is 10.5. The molecule has 116 valence electrons. The molecule has 1 N–H and O–H groups in total. The van der Waals surface area contributed by atoms with Crippen LogP contribution in [0.4, 0.5) is 5.88 Å². The highest BCUT2D eigenvalue weighted by atomic mass is 16.6. The molecule has 7 heteroatoms. The third kappa shape index (κ3) is 4.62. The Bertz CT molecular complexity index is 638. The molecule has 0 bridgehead atoms. The number of hydrogen-bond donors (Lipinski definition) is 1. The van der Waals surface area contributed by atoms with Crippen LogP contribution in [0.1, 0.15) is 12.6 Å². The average molecular weight is 304 g/mol. The number of aromatic nitrogens is 1. The average Bonchev–Trinajstić information content (AvgIpc) is 2.91. The van der Waals surface area contributed by atoms with E-state index in [0.717, 1.165) is 0 Å². The van der Waals surface area contributed by atoms with Crippen molar-refractivity contribution in [2.45, 2.75) is 20.0 Å². The van der Waals surface area contributed by atoms with Crippen LogP contribution in [0.15, 0.2) is 40.9 Å². The monoisotopic (exact) mass is 304 g/mol. The number of carbonyl (C=O) groups is 2. The third-order valence-corrected chi connectivity index (χ3v) is 2.65. The summed E-state index contributed by atoms with van der Waals surface area (Å²) in [5.74, 6) is -0.399. The van der Waals surface area contributed by atoms with Crippen molar-refractivity contribution in [3.05, 3.63) is 42.1 Å². The van der Waals surface area contributed by atoms with Gasteiger partial charge in [0.25, 0.3) is 5.91 Å². The van der Waals surface area contributed by atoms with E-state index in [9.17, 15) is 9.59 Å². The molecule has 2 rings (SSSR count). The van der Waals surface area contributed by atoms with Gasteiger partial charge in [-0.2, -0.15) is 0 Å². The molecular weight excluding hydrogens is 288 g/mol. The largest absolute Gasteiger partial charge is 0.482 e. The normalized spacial score (nSPS) is 11.5. The second-order valence-corrected chi connectivity index (χ2v) is 4.56. The number of hydrogen-bond acceptors (Lipinski definition) is 6. The predicted octanol–water partition coefficient (Wildman–Crippen LogP) is 1.93. The highest BCUT2D eigenvalue weighted by Gasteiger charge is 2.19. The lowest BCUT2D eigenvalue weighted by atomic mass is 10.3. The highest BCUT2D eigenvalue weighted by molar-refractivity contribution is 5.94. The van der Waals surface area contributed by atoms with Crippen LogP contribution in [0.5, 0.6) is 5.75 Å². The highest BCUT2D eigenvalue weighted by Crippen LogP contribution is 2.10. The topological polar surface area (TPSA) is 90.7 Å². The van der Waals surface area contributed by atoms with E-state index in [1.807, 2.05) is 6.07 Å². The number of aryl methyl sites for hydroxylation is 1. The molecule has 0 saturated heterocycles. The quantitative estimate of drug-likeness (QED) is 0.820. The van der Waals surface area contributed by atoms with Gasteiger partial charge in [-0.15, -0.1) is 0 Å². The van der Waals surface area contributed by atoms with Crippen molar-refractivity contribution < 1.29 is 23.6 Å². The number of nitrogens with zero attached hydrogens (tertiary/aromatic N) is 1. The van der Waals surface area contributed by atoms with Gasteiger partial charge in [-0.05, 0) is 26.0 Å². The van der Waals surface area contributed by atoms with Crippen LogP contribution in [-0.2, 0) is 14.3 Å². The summed E-state index contributed by atoms with van der Waals surface area (Å²) < 4.78 is 15.1. The van der Waals surface area contributed by atoms with Gasteiger partial charge in [0.15, 0.2) is 12.7 Å². The lowest BCUT2D eigenvalue weighted by Gasteiger charge is -2.12. The van der Waals surface area contributed by atoms with Crippen molar-refractivity contribution in [2.24, 2.45) is 0 Å². The van der Waals surface area contributed by atoms with Gasteiger partial charge in [-0.25, -0.2) is 4.79 Å². The standard InChI is InChI=1S/C15H16N2O5/c1-10-8-13(22-17-10)16-15(19)11(2)21-14(18)9-20-12-6-4-3-5-7-12/h3-8,11H,9H2,1-2H3,(H,16,19). The fourth-order valence-electron chi connectivity index (χ4n) is 1.59. The summed E-state index contributed by atoms with van der Waals surface area (Å²) in [7, 11) is 0. The Balaban J connectivity index is 1.76. The molecule has 0 saturated carbocycles. The van der Waals surface area contributed by atoms with Crippen molar-refractivity contribution in [3.63, 3.8) is 0 Å². The van der Waals surface area contributed by atoms with Crippen molar-refractivity contribution in [3.8, 4) is 5.75 Å². The summed E-state index contributed by atoms with van der Waals surface area (Å²) in [6.45, 7) is 2.91. The zero-order valence-corrected chi connectivity index (χ0v) is 12.2. The second-order valence-electron chi connectivity index (χ2n) is 4.56. The first kappa shape index (κ1) is 15.6. The van der Waals surface area contributed by atoms with Crippen molar-refractivity contribution in [1.82, 2.24) is 5.16 Å². The first-order valence-electron chi connectivity index (χ1n) is 6.66. The number of rotatable bonds is 6. The molecule has 0 radical (unpaired) electrons. The molecule has 0 fully saturated rings. The molecule has 1 aromatic heterocycles. The van der Waals surface area contributed by atoms with Crippen molar-refractivity contribution in [1.29, 1.82) is 0 Å². The summed E-state index contributed by atoms with van der Waals surface area (Å²) in [5, 5.41) is 6.09. The number of amides is 1. The minimum Gasteiger partial charge on any atom is -0.482 e. The van der Waals surface area contributed by atoms with Gasteiger partial charge in [0.2, 0.25) is 5.88 Å². The van der Waals surface area contributed by atoms with Crippen LogP contribution in [0.3, 0.4) is 0 Å². The van der Waals surface area contributed by atoms with Crippen molar-refractivity contribution in [2.75, 3.05) is 11.9 Å². The van der Waals surface area contributed by atoms with Gasteiger partial charge in [-0.1, -0.05) is 23.4 Å². The number of benzene rings is 1. The van der Waals surface area contributed by atoms with Gasteiger partial charge in [0.1, 0.15) is 5.75 Å². The SMILES string of the molecule is Cc1cc(NC(=O)C(C)OC(=O)COc2ccccc2)on1. The Morgan fingerprint density at radius 1 is 1.32 bits per heavy atom. The molecule has 0 aliphatic carbocycles. The zero-order chi connectivity index (χ0) is 15.9. The molecule has 1 heterocycles. The van der Waals surface area contributed by atoms with Crippen LogP contribution in [0, 0.1) is 6.92 Å². The molecule has 0 aliphatic heterocycles. The fraction of sp³-hybridized carbons (Fsp3) is 0.267. The number of anilines is 1. The van der Waals surface area contributed by atoms with Gasteiger partial charge in [-0.3, -0.25) is 10.1 Å². The summed E-state index contributed by atoms with van der Waals surface area (Å²) in [5.41, 5.74) is 0.635. The summed E-state index contributed by atoms with van der Waals surface area (Å²) in [4.78, 5) is 23.4. The molecule has 1 amide bonds. The summed E-state index contributed by atoms with van der Waals surface area (Å²) in [6.07, 6.45) is -0.975. The van der Waals surface area contributed by atoms with E-state index < -0.39 is 18.0 Å². The second kappa shape index (κ2) is 7.26. The summed E-state index contributed by atoms with van der Waals surface area (Å²) >= 11 is 0. The molecule has 1 atom stereocenters. The molecular formula is C15H16N2O5. The van der Waals surface area contributed by atoms with Crippen LogP contribution in [0.25, 0.3) is 0 Å². The maximum atomic E-state index is 11.8. The Morgan fingerprint density at radius 2 is 2.05 bits per heavy atom. The minimum absolute atomic E-state index is 0.200. The fourth-order valence-corrected chi connectivity index (χ4v) is 1.59. The van der Waals surface area contributed by atoms with Gasteiger partial charge in [0.05, 0.1) is 5.69 Å². The van der Waals surface area contributed by atoms with E-state index >= 15 is 0 Å². The molecule has 0 aliphatic rings. The number of ether oxygens (including phenoxy) is 2. The van der Waals surface area contributed by atoms with E-state index in [2.05, 4.69) is 10.5 Å². The molecule has 1 unspecified atom stereocenters. The van der Waals surface area contributed by atoms with Gasteiger partial charge >= 0.3 is 5.97 Å². The maximum Gasteiger partial charge on any atom is 0.344 e. The summed E-state index contributed by atoms with van der Waals surface area (Å²) in [6, 6.07) is 10.4. The Labute approximate surface area is 127 Å². The lowest BCUT2D eigenvalue weighted by molar-refractivity contribution is -0.155.